The summed E-state index contributed by atoms with van der Waals surface area (Å²) in [5, 5.41) is 1.82. The van der Waals surface area contributed by atoms with Crippen molar-refractivity contribution in [1.29, 1.82) is 0 Å². The lowest BCUT2D eigenvalue weighted by molar-refractivity contribution is 0.102. The Kier molecular flexibility index (Phi) is 5.77. The van der Waals surface area contributed by atoms with E-state index in [2.05, 4.69) is 4.98 Å². The van der Waals surface area contributed by atoms with E-state index < -0.39 is 26.6 Å². The number of carbonyl (C=O) groups is 1. The topological polar surface area (TPSA) is 64.1 Å². The van der Waals surface area contributed by atoms with Crippen molar-refractivity contribution >= 4 is 50.2 Å². The molecule has 134 valence electrons. The molecule has 1 heterocycles. The van der Waals surface area contributed by atoms with Gasteiger partial charge in [0.25, 0.3) is 0 Å². The van der Waals surface area contributed by atoms with Crippen molar-refractivity contribution in [2.45, 2.75) is 5.25 Å². The second-order valence-electron chi connectivity index (χ2n) is 5.55. The third-order valence-corrected chi connectivity index (χ3v) is 6.95. The minimum atomic E-state index is -3.85. The van der Waals surface area contributed by atoms with Crippen molar-refractivity contribution in [3.63, 3.8) is 0 Å². The van der Waals surface area contributed by atoms with Crippen LogP contribution in [0.5, 0.6) is 0 Å². The number of nitrogens with zero attached hydrogens (tertiary/aromatic N) is 1. The minimum Gasteiger partial charge on any atom is -0.290 e. The zero-order valence-corrected chi connectivity index (χ0v) is 16.4. The minimum absolute atomic E-state index is 0.180. The van der Waals surface area contributed by atoms with Crippen LogP contribution in [0, 0.1) is 0 Å². The van der Waals surface area contributed by atoms with Gasteiger partial charge in [-0.1, -0.05) is 47.5 Å². The van der Waals surface area contributed by atoms with Gasteiger partial charge >= 0.3 is 0 Å². The van der Waals surface area contributed by atoms with E-state index in [-0.39, 0.29) is 5.01 Å². The molecule has 8 heteroatoms. The number of Topliss-reactive ketones (excluding diaryl/α,β-unsaturated/α-hetero) is 1. The molecule has 0 bridgehead atoms. The van der Waals surface area contributed by atoms with E-state index in [1.54, 1.807) is 53.9 Å². The first kappa shape index (κ1) is 19.0. The van der Waals surface area contributed by atoms with E-state index in [0.29, 0.717) is 21.2 Å². The molecule has 4 nitrogen and oxygen atoms in total. The summed E-state index contributed by atoms with van der Waals surface area (Å²) >= 11 is 13.0. The van der Waals surface area contributed by atoms with Crippen molar-refractivity contribution in [2.75, 3.05) is 5.75 Å². The van der Waals surface area contributed by atoms with Crippen molar-refractivity contribution in [1.82, 2.24) is 4.98 Å². The van der Waals surface area contributed by atoms with Crippen LogP contribution in [0.25, 0.3) is 0 Å². The molecule has 0 saturated heterocycles. The number of aromatic nitrogens is 1. The molecule has 0 atom stereocenters. The molecule has 0 spiro atoms. The highest BCUT2D eigenvalue weighted by atomic mass is 35.5. The van der Waals surface area contributed by atoms with Gasteiger partial charge in [0.1, 0.15) is 11.0 Å². The number of hydrogen-bond donors (Lipinski definition) is 0. The molecule has 0 unspecified atom stereocenters. The van der Waals surface area contributed by atoms with Gasteiger partial charge in [0.05, 0.1) is 0 Å². The molecule has 0 amide bonds. The van der Waals surface area contributed by atoms with Gasteiger partial charge < -0.3 is 0 Å². The van der Waals surface area contributed by atoms with Gasteiger partial charge in [-0.05, 0) is 35.4 Å². The molecule has 0 aliphatic heterocycles. The second-order valence-corrected chi connectivity index (χ2v) is 9.40. The second kappa shape index (κ2) is 7.88. The van der Waals surface area contributed by atoms with Gasteiger partial charge in [0, 0.05) is 21.6 Å². The molecule has 26 heavy (non-hydrogen) atoms. The molecule has 2 aromatic carbocycles. The third-order valence-electron chi connectivity index (χ3n) is 3.71. The van der Waals surface area contributed by atoms with Gasteiger partial charge in [0.2, 0.25) is 5.78 Å². The fourth-order valence-electron chi connectivity index (χ4n) is 2.57. The maximum atomic E-state index is 13.1. The summed E-state index contributed by atoms with van der Waals surface area (Å²) in [4.78, 5) is 16.2. The van der Waals surface area contributed by atoms with Crippen LogP contribution in [0.3, 0.4) is 0 Å². The average Bonchev–Trinajstić information content (AvgIpc) is 3.13. The summed E-state index contributed by atoms with van der Waals surface area (Å²) in [6, 6.07) is 13.1. The number of rotatable bonds is 6. The fourth-order valence-corrected chi connectivity index (χ4v) is 5.30. The molecule has 0 radical (unpaired) electrons. The SMILES string of the molecule is O=C(CS(=O)(=O)C(c1ccc(Cl)cc1)c1ccc(Cl)cc1)c1nccs1. The average molecular weight is 426 g/mol. The summed E-state index contributed by atoms with van der Waals surface area (Å²) in [5.41, 5.74) is 1.06. The zero-order valence-electron chi connectivity index (χ0n) is 13.3. The fraction of sp³-hybridized carbons (Fsp3) is 0.111. The van der Waals surface area contributed by atoms with E-state index >= 15 is 0 Å². The maximum Gasteiger partial charge on any atom is 0.206 e. The van der Waals surface area contributed by atoms with Crippen molar-refractivity contribution < 1.29 is 13.2 Å². The Labute approximate surface area is 165 Å². The molecular formula is C18H13Cl2NO3S2. The van der Waals surface area contributed by atoms with Crippen LogP contribution in [0.1, 0.15) is 26.2 Å². The van der Waals surface area contributed by atoms with Gasteiger partial charge in [-0.2, -0.15) is 0 Å². The maximum absolute atomic E-state index is 13.1. The highest BCUT2D eigenvalue weighted by Crippen LogP contribution is 2.33. The number of carbonyl (C=O) groups excluding carboxylic acids is 1. The first-order valence-electron chi connectivity index (χ1n) is 7.52. The number of hydrogen-bond acceptors (Lipinski definition) is 5. The predicted molar refractivity (Wildman–Crippen MR) is 105 cm³/mol. The molecule has 3 rings (SSSR count). The van der Waals surface area contributed by atoms with Crippen LogP contribution in [0.2, 0.25) is 10.0 Å². The van der Waals surface area contributed by atoms with E-state index in [9.17, 15) is 13.2 Å². The van der Waals surface area contributed by atoms with Crippen LogP contribution < -0.4 is 0 Å². The van der Waals surface area contributed by atoms with E-state index in [0.717, 1.165) is 11.3 Å². The number of thiazole rings is 1. The molecule has 0 saturated carbocycles. The Bertz CT molecular complexity index is 954. The number of halogens is 2. The first-order chi connectivity index (χ1) is 12.4. The Morgan fingerprint density at radius 3 is 1.88 bits per heavy atom. The highest BCUT2D eigenvalue weighted by molar-refractivity contribution is 7.92. The Hall–Kier alpha value is -1.73. The van der Waals surface area contributed by atoms with Crippen LogP contribution in [-0.4, -0.2) is 24.9 Å². The van der Waals surface area contributed by atoms with Crippen LogP contribution in [-0.2, 0) is 9.84 Å². The summed E-state index contributed by atoms with van der Waals surface area (Å²) in [7, 11) is -3.85. The third kappa shape index (κ3) is 4.32. The summed E-state index contributed by atoms with van der Waals surface area (Å²) in [5.74, 6) is -1.15. The Morgan fingerprint density at radius 2 is 1.46 bits per heavy atom. The van der Waals surface area contributed by atoms with E-state index in [1.165, 1.54) is 6.20 Å². The van der Waals surface area contributed by atoms with Gasteiger partial charge in [-0.25, -0.2) is 13.4 Å². The van der Waals surface area contributed by atoms with Crippen LogP contribution >= 0.6 is 34.5 Å². The Balaban J connectivity index is 2.02. The molecule has 1 aromatic heterocycles. The smallest absolute Gasteiger partial charge is 0.206 e. The van der Waals surface area contributed by atoms with Gasteiger partial charge in [-0.3, -0.25) is 4.79 Å². The Morgan fingerprint density at radius 1 is 0.962 bits per heavy atom. The number of ketones is 1. The standard InChI is InChI=1S/C18H13Cl2NO3S2/c19-14-5-1-12(2-6-14)17(13-3-7-15(20)8-4-13)26(23,24)11-16(22)18-21-9-10-25-18/h1-10,17H,11H2. The molecule has 0 N–H and O–H groups in total. The largest absolute Gasteiger partial charge is 0.290 e. The summed E-state index contributed by atoms with van der Waals surface area (Å²) in [6.07, 6.45) is 1.47. The monoisotopic (exact) mass is 425 g/mol. The lowest BCUT2D eigenvalue weighted by atomic mass is 10.0. The lowest BCUT2D eigenvalue weighted by Crippen LogP contribution is -2.23. The van der Waals surface area contributed by atoms with Crippen LogP contribution in [0.15, 0.2) is 60.1 Å². The molecular weight excluding hydrogens is 413 g/mol. The molecule has 0 aliphatic carbocycles. The summed E-state index contributed by atoms with van der Waals surface area (Å²) < 4.78 is 26.2. The van der Waals surface area contributed by atoms with Crippen molar-refractivity contribution in [2.24, 2.45) is 0 Å². The highest BCUT2D eigenvalue weighted by Gasteiger charge is 2.32. The van der Waals surface area contributed by atoms with Crippen LogP contribution in [0.4, 0.5) is 0 Å². The number of sulfone groups is 1. The van der Waals surface area contributed by atoms with E-state index in [1.807, 2.05) is 0 Å². The lowest BCUT2D eigenvalue weighted by Gasteiger charge is -2.18. The van der Waals surface area contributed by atoms with Crippen molar-refractivity contribution in [3.8, 4) is 0 Å². The zero-order chi connectivity index (χ0) is 18.7. The van der Waals surface area contributed by atoms with E-state index in [4.69, 9.17) is 23.2 Å². The van der Waals surface area contributed by atoms with Crippen molar-refractivity contribution in [3.05, 3.63) is 86.3 Å². The summed E-state index contributed by atoms with van der Waals surface area (Å²) in [6.45, 7) is 0. The predicted octanol–water partition coefficient (Wildman–Crippen LogP) is 4.84. The quantitative estimate of drug-likeness (QED) is 0.530. The first-order valence-corrected chi connectivity index (χ1v) is 10.9. The van der Waals surface area contributed by atoms with Gasteiger partial charge in [-0.15, -0.1) is 11.3 Å². The molecule has 0 fully saturated rings. The normalized spacial score (nSPS) is 11.7. The molecule has 3 aromatic rings. The number of benzene rings is 2. The van der Waals surface area contributed by atoms with Gasteiger partial charge in [0.15, 0.2) is 14.8 Å². The molecule has 0 aliphatic rings.